The van der Waals surface area contributed by atoms with E-state index in [-0.39, 0.29) is 18.1 Å². The molecule has 0 aromatic carbocycles. The van der Waals surface area contributed by atoms with Crippen molar-refractivity contribution < 1.29 is 4.79 Å². The molecule has 0 radical (unpaired) electrons. The van der Waals surface area contributed by atoms with E-state index in [1.165, 1.54) is 24.6 Å². The molecule has 2 aliphatic rings. The Morgan fingerprint density at radius 3 is 2.63 bits per heavy atom. The highest BCUT2D eigenvalue weighted by molar-refractivity contribution is 7.99. The van der Waals surface area contributed by atoms with Crippen molar-refractivity contribution in [2.75, 3.05) is 37.7 Å². The first-order chi connectivity index (χ1) is 9.08. The Labute approximate surface area is 121 Å². The van der Waals surface area contributed by atoms with Crippen LogP contribution in [0.3, 0.4) is 0 Å². The number of carbonyl (C=O) groups excluding carboxylic acids is 1. The van der Waals surface area contributed by atoms with Crippen molar-refractivity contribution in [2.45, 2.75) is 39.4 Å². The van der Waals surface area contributed by atoms with Crippen LogP contribution in [-0.4, -0.2) is 65.6 Å². The van der Waals surface area contributed by atoms with Gasteiger partial charge >= 0.3 is 0 Å². The van der Waals surface area contributed by atoms with E-state index in [0.29, 0.717) is 5.92 Å². The molecule has 110 valence electrons. The van der Waals surface area contributed by atoms with Crippen molar-refractivity contribution >= 4 is 17.7 Å². The van der Waals surface area contributed by atoms with E-state index in [0.717, 1.165) is 19.5 Å². The first-order valence-corrected chi connectivity index (χ1v) is 8.60. The number of amides is 1. The summed E-state index contributed by atoms with van der Waals surface area (Å²) in [6.45, 7) is 10.7. The zero-order valence-corrected chi connectivity index (χ0v) is 13.2. The van der Waals surface area contributed by atoms with Gasteiger partial charge in [0.1, 0.15) is 0 Å². The third-order valence-electron chi connectivity index (χ3n) is 3.93. The molecule has 0 saturated carbocycles. The molecule has 19 heavy (non-hydrogen) atoms. The Morgan fingerprint density at radius 2 is 2.00 bits per heavy atom. The van der Waals surface area contributed by atoms with Crippen molar-refractivity contribution in [1.82, 2.24) is 15.1 Å². The molecule has 0 aliphatic carbocycles. The van der Waals surface area contributed by atoms with E-state index < -0.39 is 0 Å². The molecule has 0 spiro atoms. The van der Waals surface area contributed by atoms with Gasteiger partial charge in [0.2, 0.25) is 5.91 Å². The Hall–Kier alpha value is -0.260. The van der Waals surface area contributed by atoms with Gasteiger partial charge in [-0.3, -0.25) is 15.0 Å². The predicted molar refractivity (Wildman–Crippen MR) is 81.3 cm³/mol. The third kappa shape index (κ3) is 4.10. The van der Waals surface area contributed by atoms with Crippen molar-refractivity contribution in [2.24, 2.45) is 5.92 Å². The van der Waals surface area contributed by atoms with Crippen LogP contribution in [0.5, 0.6) is 0 Å². The summed E-state index contributed by atoms with van der Waals surface area (Å²) in [6, 6.07) is -0.0133. The van der Waals surface area contributed by atoms with E-state index in [1.807, 2.05) is 18.7 Å². The van der Waals surface area contributed by atoms with Gasteiger partial charge in [0.15, 0.2) is 0 Å². The van der Waals surface area contributed by atoms with Gasteiger partial charge in [-0.05, 0) is 19.3 Å². The summed E-state index contributed by atoms with van der Waals surface area (Å²) in [5, 5.41) is 3.43. The molecular weight excluding hydrogens is 258 g/mol. The second-order valence-electron chi connectivity index (χ2n) is 6.02. The summed E-state index contributed by atoms with van der Waals surface area (Å²) in [6.07, 6.45) is 1.29. The highest BCUT2D eigenvalue weighted by atomic mass is 32.2. The molecule has 2 fully saturated rings. The normalized spacial score (nSPS) is 29.5. The zero-order chi connectivity index (χ0) is 13.8. The van der Waals surface area contributed by atoms with Gasteiger partial charge in [-0.2, -0.15) is 11.8 Å². The molecule has 1 amide bonds. The molecule has 0 bridgehead atoms. The Morgan fingerprint density at radius 1 is 1.32 bits per heavy atom. The molecule has 0 aromatic heterocycles. The molecule has 2 heterocycles. The van der Waals surface area contributed by atoms with Crippen molar-refractivity contribution in [1.29, 1.82) is 0 Å². The number of rotatable bonds is 5. The SMILES string of the molecule is CC(C)CC1NC(C)C(=O)N1CCN1CCSCC1. The highest BCUT2D eigenvalue weighted by Gasteiger charge is 2.36. The van der Waals surface area contributed by atoms with Gasteiger partial charge < -0.3 is 4.90 Å². The molecule has 0 aromatic rings. The van der Waals surface area contributed by atoms with Crippen molar-refractivity contribution in [3.05, 3.63) is 0 Å². The predicted octanol–water partition coefficient (Wildman–Crippen LogP) is 1.23. The topological polar surface area (TPSA) is 35.6 Å². The number of hydrogen-bond acceptors (Lipinski definition) is 4. The second kappa shape index (κ2) is 6.95. The van der Waals surface area contributed by atoms with E-state index in [4.69, 9.17) is 0 Å². The van der Waals surface area contributed by atoms with Crippen LogP contribution in [0.2, 0.25) is 0 Å². The molecule has 2 atom stereocenters. The highest BCUT2D eigenvalue weighted by Crippen LogP contribution is 2.18. The first-order valence-electron chi connectivity index (χ1n) is 7.44. The summed E-state index contributed by atoms with van der Waals surface area (Å²) in [7, 11) is 0. The Kier molecular flexibility index (Phi) is 5.54. The molecular formula is C14H27N3OS. The van der Waals surface area contributed by atoms with Gasteiger partial charge in [0.05, 0.1) is 12.2 Å². The maximum absolute atomic E-state index is 12.2. The van der Waals surface area contributed by atoms with E-state index in [1.54, 1.807) is 0 Å². The quantitative estimate of drug-likeness (QED) is 0.824. The number of nitrogens with one attached hydrogen (secondary N) is 1. The summed E-state index contributed by atoms with van der Waals surface area (Å²) in [4.78, 5) is 16.8. The lowest BCUT2D eigenvalue weighted by Gasteiger charge is -2.31. The monoisotopic (exact) mass is 285 g/mol. The van der Waals surface area contributed by atoms with Crippen LogP contribution in [0.15, 0.2) is 0 Å². The number of nitrogens with zero attached hydrogens (tertiary/aromatic N) is 2. The fraction of sp³-hybridized carbons (Fsp3) is 0.929. The molecule has 1 N–H and O–H groups in total. The van der Waals surface area contributed by atoms with Crippen LogP contribution in [0.25, 0.3) is 0 Å². The largest absolute Gasteiger partial charge is 0.325 e. The van der Waals surface area contributed by atoms with Crippen LogP contribution in [0.4, 0.5) is 0 Å². The van der Waals surface area contributed by atoms with Gasteiger partial charge in [-0.1, -0.05) is 13.8 Å². The van der Waals surface area contributed by atoms with Gasteiger partial charge in [0.25, 0.3) is 0 Å². The molecule has 2 saturated heterocycles. The molecule has 4 nitrogen and oxygen atoms in total. The second-order valence-corrected chi connectivity index (χ2v) is 7.24. The minimum atomic E-state index is -0.0133. The molecule has 2 unspecified atom stereocenters. The average Bonchev–Trinajstić information content (AvgIpc) is 2.63. The fourth-order valence-corrected chi connectivity index (χ4v) is 3.81. The van der Waals surface area contributed by atoms with E-state index in [9.17, 15) is 4.79 Å². The van der Waals surface area contributed by atoms with Gasteiger partial charge in [0, 0.05) is 37.7 Å². The summed E-state index contributed by atoms with van der Waals surface area (Å²) in [5.41, 5.74) is 0. The van der Waals surface area contributed by atoms with Gasteiger partial charge in [-0.25, -0.2) is 0 Å². The van der Waals surface area contributed by atoms with Crippen molar-refractivity contribution in [3.63, 3.8) is 0 Å². The molecule has 2 aliphatic heterocycles. The summed E-state index contributed by atoms with van der Waals surface area (Å²) in [5.74, 6) is 3.36. The van der Waals surface area contributed by atoms with Crippen LogP contribution in [-0.2, 0) is 4.79 Å². The minimum Gasteiger partial charge on any atom is -0.325 e. The Bertz CT molecular complexity index is 305. The van der Waals surface area contributed by atoms with Crippen LogP contribution in [0.1, 0.15) is 27.2 Å². The van der Waals surface area contributed by atoms with Gasteiger partial charge in [-0.15, -0.1) is 0 Å². The number of carbonyl (C=O) groups is 1. The summed E-state index contributed by atoms with van der Waals surface area (Å²) < 4.78 is 0. The fourth-order valence-electron chi connectivity index (χ4n) is 2.83. The third-order valence-corrected chi connectivity index (χ3v) is 4.87. The van der Waals surface area contributed by atoms with E-state index in [2.05, 4.69) is 29.0 Å². The number of hydrogen-bond donors (Lipinski definition) is 1. The molecule has 5 heteroatoms. The lowest BCUT2D eigenvalue weighted by atomic mass is 10.1. The summed E-state index contributed by atoms with van der Waals surface area (Å²) >= 11 is 2.03. The molecule has 2 rings (SSSR count). The van der Waals surface area contributed by atoms with E-state index >= 15 is 0 Å². The first kappa shape index (κ1) is 15.1. The zero-order valence-electron chi connectivity index (χ0n) is 12.4. The van der Waals surface area contributed by atoms with Crippen molar-refractivity contribution in [3.8, 4) is 0 Å². The Balaban J connectivity index is 1.85. The maximum Gasteiger partial charge on any atom is 0.240 e. The standard InChI is InChI=1S/C14H27N3OS/c1-11(2)10-13-15-12(3)14(18)17(13)5-4-16-6-8-19-9-7-16/h11-13,15H,4-10H2,1-3H3. The van der Waals surface area contributed by atoms with Crippen LogP contribution >= 0.6 is 11.8 Å². The maximum atomic E-state index is 12.2. The average molecular weight is 285 g/mol. The minimum absolute atomic E-state index is 0.0133. The smallest absolute Gasteiger partial charge is 0.240 e. The lowest BCUT2D eigenvalue weighted by molar-refractivity contribution is -0.130. The van der Waals surface area contributed by atoms with Crippen LogP contribution in [0, 0.1) is 5.92 Å². The number of thioether (sulfide) groups is 1. The lowest BCUT2D eigenvalue weighted by Crippen LogP contribution is -2.44. The van der Waals surface area contributed by atoms with Crippen LogP contribution < -0.4 is 5.32 Å².